The molecule has 1 saturated carbocycles. The molecule has 0 saturated heterocycles. The topological polar surface area (TPSA) is 12.0 Å². The minimum Gasteiger partial charge on any atom is -0.313 e. The van der Waals surface area contributed by atoms with Crippen molar-refractivity contribution in [2.75, 3.05) is 6.54 Å². The lowest BCUT2D eigenvalue weighted by molar-refractivity contribution is 0.314. The van der Waals surface area contributed by atoms with Gasteiger partial charge in [0.1, 0.15) is 0 Å². The molecule has 2 aliphatic rings. The highest BCUT2D eigenvalue weighted by molar-refractivity contribution is 5.36. The van der Waals surface area contributed by atoms with E-state index >= 15 is 0 Å². The second-order valence-electron chi connectivity index (χ2n) is 5.52. The Morgan fingerprint density at radius 3 is 2.56 bits per heavy atom. The highest BCUT2D eigenvalue weighted by atomic mass is 14.9. The van der Waals surface area contributed by atoms with Crippen LogP contribution in [0, 0.1) is 0 Å². The van der Waals surface area contributed by atoms with Gasteiger partial charge in [-0.1, -0.05) is 61.1 Å². The Morgan fingerprint density at radius 2 is 1.94 bits per heavy atom. The third-order valence-electron chi connectivity index (χ3n) is 4.30. The van der Waals surface area contributed by atoms with E-state index in [2.05, 4.69) is 60.0 Å². The van der Waals surface area contributed by atoms with Crippen LogP contribution < -0.4 is 5.32 Å². The first-order valence-corrected chi connectivity index (χ1v) is 7.02. The first-order chi connectivity index (χ1) is 8.89. The van der Waals surface area contributed by atoms with Gasteiger partial charge in [0.05, 0.1) is 0 Å². The van der Waals surface area contributed by atoms with Crippen molar-refractivity contribution in [3.8, 4) is 0 Å². The average Bonchev–Trinajstić information content (AvgIpc) is 2.39. The zero-order valence-corrected chi connectivity index (χ0v) is 10.8. The molecule has 1 nitrogen and oxygen atoms in total. The Hall–Kier alpha value is -1.34. The normalized spacial score (nSPS) is 27.1. The number of nitrogens with one attached hydrogen (secondary N) is 1. The summed E-state index contributed by atoms with van der Waals surface area (Å²) < 4.78 is 0. The van der Waals surface area contributed by atoms with Crippen molar-refractivity contribution in [2.45, 2.75) is 37.1 Å². The van der Waals surface area contributed by atoms with Crippen LogP contribution in [0.1, 0.15) is 31.2 Å². The average molecular weight is 239 g/mol. The largest absolute Gasteiger partial charge is 0.313 e. The number of hydrogen-bond donors (Lipinski definition) is 1. The molecule has 0 radical (unpaired) electrons. The lowest BCUT2D eigenvalue weighted by Gasteiger charge is -2.36. The van der Waals surface area contributed by atoms with Crippen molar-refractivity contribution in [1.29, 1.82) is 0 Å². The van der Waals surface area contributed by atoms with Crippen LogP contribution in [0.2, 0.25) is 0 Å². The summed E-state index contributed by atoms with van der Waals surface area (Å²) in [5.41, 5.74) is 1.59. The fraction of sp³-hybridized carbons (Fsp3) is 0.412. The molecule has 0 aromatic heterocycles. The minimum absolute atomic E-state index is 0.158. The van der Waals surface area contributed by atoms with E-state index in [9.17, 15) is 0 Å². The number of rotatable bonds is 4. The van der Waals surface area contributed by atoms with Gasteiger partial charge in [0.2, 0.25) is 0 Å². The summed E-state index contributed by atoms with van der Waals surface area (Å²) in [5, 5.41) is 3.74. The maximum absolute atomic E-state index is 3.74. The van der Waals surface area contributed by atoms with Crippen molar-refractivity contribution in [3.63, 3.8) is 0 Å². The fourth-order valence-electron chi connectivity index (χ4n) is 2.82. The highest BCUT2D eigenvalue weighted by Crippen LogP contribution is 2.33. The van der Waals surface area contributed by atoms with Crippen LogP contribution in [0.25, 0.3) is 0 Å². The van der Waals surface area contributed by atoms with E-state index in [4.69, 9.17) is 0 Å². The molecular formula is C17H21N. The molecule has 1 N–H and O–H groups in total. The van der Waals surface area contributed by atoms with Gasteiger partial charge in [0, 0.05) is 18.0 Å². The summed E-state index contributed by atoms with van der Waals surface area (Å²) in [5.74, 6) is 0. The molecule has 0 amide bonds. The molecule has 18 heavy (non-hydrogen) atoms. The maximum Gasteiger partial charge on any atom is 0.0294 e. The van der Waals surface area contributed by atoms with Crippen LogP contribution >= 0.6 is 0 Å². The maximum atomic E-state index is 3.74. The van der Waals surface area contributed by atoms with Crippen molar-refractivity contribution in [1.82, 2.24) is 5.32 Å². The predicted molar refractivity (Wildman–Crippen MR) is 76.7 cm³/mol. The van der Waals surface area contributed by atoms with Crippen LogP contribution in [0.5, 0.6) is 0 Å². The van der Waals surface area contributed by atoms with E-state index in [1.165, 1.54) is 24.8 Å². The molecule has 1 unspecified atom stereocenters. The second kappa shape index (κ2) is 5.11. The predicted octanol–water partition coefficient (Wildman–Crippen LogP) is 3.58. The quantitative estimate of drug-likeness (QED) is 0.846. The molecule has 1 aromatic carbocycles. The third kappa shape index (κ3) is 2.28. The van der Waals surface area contributed by atoms with Gasteiger partial charge in [-0.3, -0.25) is 0 Å². The Balaban J connectivity index is 1.79. The smallest absolute Gasteiger partial charge is 0.0294 e. The van der Waals surface area contributed by atoms with Crippen LogP contribution in [-0.2, 0) is 5.41 Å². The standard InChI is InChI=1S/C17H21N/c1-3-8-15(9-4-1)17(12-5-2-6-13-17)14-18-16-10-7-11-16/h1-6,8-9,12,16,18H,7,10-11,13-14H2. The summed E-state index contributed by atoms with van der Waals surface area (Å²) in [4.78, 5) is 0. The van der Waals surface area contributed by atoms with Crippen molar-refractivity contribution in [2.24, 2.45) is 0 Å². The van der Waals surface area contributed by atoms with Crippen LogP contribution in [0.4, 0.5) is 0 Å². The van der Waals surface area contributed by atoms with Gasteiger partial charge in [0.15, 0.2) is 0 Å². The molecule has 1 fully saturated rings. The molecule has 0 heterocycles. The fourth-order valence-corrected chi connectivity index (χ4v) is 2.82. The lowest BCUT2D eigenvalue weighted by Crippen LogP contribution is -2.44. The van der Waals surface area contributed by atoms with E-state index in [-0.39, 0.29) is 5.41 Å². The first-order valence-electron chi connectivity index (χ1n) is 7.02. The molecule has 3 rings (SSSR count). The summed E-state index contributed by atoms with van der Waals surface area (Å²) in [6, 6.07) is 11.7. The number of allylic oxidation sites excluding steroid dienone is 3. The van der Waals surface area contributed by atoms with Gasteiger partial charge < -0.3 is 5.32 Å². The Kier molecular flexibility index (Phi) is 3.33. The summed E-state index contributed by atoms with van der Waals surface area (Å²) >= 11 is 0. The number of hydrogen-bond acceptors (Lipinski definition) is 1. The van der Waals surface area contributed by atoms with E-state index < -0.39 is 0 Å². The zero-order valence-electron chi connectivity index (χ0n) is 10.8. The molecule has 0 bridgehead atoms. The monoisotopic (exact) mass is 239 g/mol. The Labute approximate surface area is 110 Å². The van der Waals surface area contributed by atoms with Gasteiger partial charge in [0.25, 0.3) is 0 Å². The lowest BCUT2D eigenvalue weighted by atomic mass is 9.75. The Bertz CT molecular complexity index is 442. The van der Waals surface area contributed by atoms with Gasteiger partial charge >= 0.3 is 0 Å². The van der Waals surface area contributed by atoms with E-state index in [1.54, 1.807) is 0 Å². The first kappa shape index (κ1) is 11.7. The van der Waals surface area contributed by atoms with Crippen molar-refractivity contribution >= 4 is 0 Å². The van der Waals surface area contributed by atoms with Gasteiger partial charge in [-0.15, -0.1) is 0 Å². The van der Waals surface area contributed by atoms with Crippen LogP contribution in [-0.4, -0.2) is 12.6 Å². The molecular weight excluding hydrogens is 218 g/mol. The summed E-state index contributed by atoms with van der Waals surface area (Å²) in [7, 11) is 0. The molecule has 0 aliphatic heterocycles. The number of benzene rings is 1. The van der Waals surface area contributed by atoms with Crippen molar-refractivity contribution < 1.29 is 0 Å². The second-order valence-corrected chi connectivity index (χ2v) is 5.52. The van der Waals surface area contributed by atoms with Crippen LogP contribution in [0.3, 0.4) is 0 Å². The van der Waals surface area contributed by atoms with Crippen LogP contribution in [0.15, 0.2) is 54.6 Å². The molecule has 0 spiro atoms. The van der Waals surface area contributed by atoms with Crippen molar-refractivity contribution in [3.05, 3.63) is 60.2 Å². The summed E-state index contributed by atoms with van der Waals surface area (Å²) in [6.45, 7) is 1.06. The Morgan fingerprint density at radius 1 is 1.11 bits per heavy atom. The van der Waals surface area contributed by atoms with Gasteiger partial charge in [-0.2, -0.15) is 0 Å². The molecule has 1 aromatic rings. The molecule has 2 aliphatic carbocycles. The zero-order chi connectivity index (χ0) is 12.3. The molecule has 1 heteroatoms. The van der Waals surface area contributed by atoms with Gasteiger partial charge in [-0.25, -0.2) is 0 Å². The third-order valence-corrected chi connectivity index (χ3v) is 4.30. The van der Waals surface area contributed by atoms with E-state index in [0.717, 1.165) is 19.0 Å². The molecule has 1 atom stereocenters. The van der Waals surface area contributed by atoms with Gasteiger partial charge in [-0.05, 0) is 24.8 Å². The van der Waals surface area contributed by atoms with E-state index in [1.807, 2.05) is 0 Å². The summed E-state index contributed by atoms with van der Waals surface area (Å²) in [6.07, 6.45) is 14.2. The van der Waals surface area contributed by atoms with E-state index in [0.29, 0.717) is 0 Å². The molecule has 94 valence electrons. The SMILES string of the molecule is C1=CCC(CNC2CCC2)(c2ccccc2)C=C1. The highest BCUT2D eigenvalue weighted by Gasteiger charge is 2.30. The minimum atomic E-state index is 0.158.